The zero-order valence-electron chi connectivity index (χ0n) is 17.7. The molecule has 2 aromatic carbocycles. The molecule has 0 bridgehead atoms. The summed E-state index contributed by atoms with van der Waals surface area (Å²) in [5.41, 5.74) is 4.96. The lowest BCUT2D eigenvalue weighted by Gasteiger charge is -2.18. The van der Waals surface area contributed by atoms with Crippen LogP contribution >= 0.6 is 23.2 Å². The van der Waals surface area contributed by atoms with Crippen molar-refractivity contribution in [1.82, 2.24) is 19.7 Å². The fourth-order valence-corrected chi connectivity index (χ4v) is 4.61. The molecular formula is C25H22Cl2N4O. The molecule has 0 radical (unpaired) electrons. The number of amides is 1. The van der Waals surface area contributed by atoms with Crippen LogP contribution in [-0.4, -0.2) is 32.6 Å². The van der Waals surface area contributed by atoms with Crippen molar-refractivity contribution < 1.29 is 4.79 Å². The summed E-state index contributed by atoms with van der Waals surface area (Å²) in [5, 5.41) is 6.60. The maximum atomic E-state index is 13.6. The molecule has 0 fully saturated rings. The molecule has 162 valence electrons. The van der Waals surface area contributed by atoms with Crippen LogP contribution in [0.4, 0.5) is 0 Å². The first-order chi connectivity index (χ1) is 15.5. The Balaban J connectivity index is 1.53. The van der Waals surface area contributed by atoms with Gasteiger partial charge in [0.2, 0.25) is 0 Å². The maximum absolute atomic E-state index is 13.6. The van der Waals surface area contributed by atoms with Crippen LogP contribution in [-0.2, 0) is 19.5 Å². The van der Waals surface area contributed by atoms with E-state index in [0.717, 1.165) is 36.0 Å². The number of rotatable bonds is 4. The first-order valence-electron chi connectivity index (χ1n) is 10.7. The van der Waals surface area contributed by atoms with Gasteiger partial charge < -0.3 is 4.90 Å². The van der Waals surface area contributed by atoms with Crippen LogP contribution in [0, 0.1) is 0 Å². The Morgan fingerprint density at radius 1 is 1.06 bits per heavy atom. The minimum atomic E-state index is -0.103. The van der Waals surface area contributed by atoms with Crippen molar-refractivity contribution in [1.29, 1.82) is 0 Å². The van der Waals surface area contributed by atoms with Gasteiger partial charge in [-0.3, -0.25) is 9.48 Å². The summed E-state index contributed by atoms with van der Waals surface area (Å²) < 4.78 is 2.07. The summed E-state index contributed by atoms with van der Waals surface area (Å²) in [5.74, 6) is -0.103. The highest BCUT2D eigenvalue weighted by Gasteiger charge is 2.20. The van der Waals surface area contributed by atoms with E-state index in [-0.39, 0.29) is 5.91 Å². The van der Waals surface area contributed by atoms with E-state index in [9.17, 15) is 4.79 Å². The second kappa shape index (κ2) is 8.57. The fraction of sp³-hybridized carbons (Fsp3) is 0.240. The van der Waals surface area contributed by atoms with E-state index >= 15 is 0 Å². The highest BCUT2D eigenvalue weighted by atomic mass is 35.5. The van der Waals surface area contributed by atoms with Gasteiger partial charge in [-0.2, -0.15) is 5.10 Å². The first kappa shape index (κ1) is 21.0. The number of aryl methyl sites for hydroxylation is 2. The number of aromatic nitrogens is 3. The minimum Gasteiger partial charge on any atom is -0.336 e. The number of carbonyl (C=O) groups is 1. The maximum Gasteiger partial charge on any atom is 0.254 e. The number of carbonyl (C=O) groups excluding carboxylic acids is 1. The largest absolute Gasteiger partial charge is 0.336 e. The van der Waals surface area contributed by atoms with Gasteiger partial charge in [0.05, 0.1) is 29.0 Å². The van der Waals surface area contributed by atoms with E-state index in [1.807, 2.05) is 36.4 Å². The lowest BCUT2D eigenvalue weighted by atomic mass is 10.0. The van der Waals surface area contributed by atoms with Crippen molar-refractivity contribution >= 4 is 40.0 Å². The highest BCUT2D eigenvalue weighted by Crippen LogP contribution is 2.29. The average Bonchev–Trinajstić information content (AvgIpc) is 3.20. The van der Waals surface area contributed by atoms with Gasteiger partial charge in [0.1, 0.15) is 0 Å². The van der Waals surface area contributed by atoms with E-state index in [4.69, 9.17) is 33.3 Å². The Morgan fingerprint density at radius 3 is 2.72 bits per heavy atom. The zero-order chi connectivity index (χ0) is 22.2. The minimum absolute atomic E-state index is 0.103. The lowest BCUT2D eigenvalue weighted by molar-refractivity contribution is 0.0785. The third-order valence-corrected chi connectivity index (χ3v) is 6.30. The molecular weight excluding hydrogens is 443 g/mol. The van der Waals surface area contributed by atoms with Crippen LogP contribution in [0.1, 0.15) is 34.6 Å². The molecule has 1 aliphatic rings. The first-order valence-corrected chi connectivity index (χ1v) is 11.4. The van der Waals surface area contributed by atoms with E-state index in [2.05, 4.69) is 10.7 Å². The topological polar surface area (TPSA) is 51.0 Å². The Labute approximate surface area is 196 Å². The second-order valence-electron chi connectivity index (χ2n) is 8.20. The van der Waals surface area contributed by atoms with Crippen LogP contribution < -0.4 is 0 Å². The van der Waals surface area contributed by atoms with Gasteiger partial charge in [0, 0.05) is 40.3 Å². The Morgan fingerprint density at radius 2 is 1.91 bits per heavy atom. The van der Waals surface area contributed by atoms with Crippen LogP contribution in [0.3, 0.4) is 0 Å². The highest BCUT2D eigenvalue weighted by molar-refractivity contribution is 6.31. The number of fused-ring (bicyclic) bond motifs is 2. The SMILES string of the molecule is CN(Cc1cc2n(n1)CCCC2)C(=O)c1cc(-c2cccc(Cl)c2)nc2ccc(Cl)cc12. The molecule has 0 saturated carbocycles. The molecule has 7 heteroatoms. The number of benzene rings is 2. The Kier molecular flexibility index (Phi) is 5.62. The van der Waals surface area contributed by atoms with E-state index < -0.39 is 0 Å². The summed E-state index contributed by atoms with van der Waals surface area (Å²) in [6, 6.07) is 16.8. The normalized spacial score (nSPS) is 13.2. The predicted octanol–water partition coefficient (Wildman–Crippen LogP) is 6.01. The summed E-state index contributed by atoms with van der Waals surface area (Å²) >= 11 is 12.4. The number of hydrogen-bond donors (Lipinski definition) is 0. The van der Waals surface area contributed by atoms with Gasteiger partial charge in [0.25, 0.3) is 5.91 Å². The van der Waals surface area contributed by atoms with E-state index in [1.54, 1.807) is 24.1 Å². The Bertz CT molecular complexity index is 1310. The number of pyridine rings is 1. The van der Waals surface area contributed by atoms with Crippen molar-refractivity contribution in [3.05, 3.63) is 81.6 Å². The van der Waals surface area contributed by atoms with Crippen molar-refractivity contribution in [2.45, 2.75) is 32.4 Å². The third kappa shape index (κ3) is 4.10. The smallest absolute Gasteiger partial charge is 0.254 e. The van der Waals surface area contributed by atoms with Gasteiger partial charge >= 0.3 is 0 Å². The van der Waals surface area contributed by atoms with Crippen LogP contribution in [0.5, 0.6) is 0 Å². The molecule has 1 amide bonds. The van der Waals surface area contributed by atoms with Gasteiger partial charge in [-0.1, -0.05) is 35.3 Å². The van der Waals surface area contributed by atoms with Gasteiger partial charge in [-0.25, -0.2) is 4.98 Å². The molecule has 0 unspecified atom stereocenters. The van der Waals surface area contributed by atoms with Crippen molar-refractivity contribution in [2.75, 3.05) is 7.05 Å². The number of halogens is 2. The molecule has 0 aliphatic carbocycles. The molecule has 1 aliphatic heterocycles. The van der Waals surface area contributed by atoms with Crippen LogP contribution in [0.2, 0.25) is 10.0 Å². The number of nitrogens with zero attached hydrogens (tertiary/aromatic N) is 4. The van der Waals surface area contributed by atoms with Crippen LogP contribution in [0.15, 0.2) is 54.6 Å². The third-order valence-electron chi connectivity index (χ3n) is 5.83. The predicted molar refractivity (Wildman–Crippen MR) is 128 cm³/mol. The summed E-state index contributed by atoms with van der Waals surface area (Å²) in [4.78, 5) is 20.0. The fourth-order valence-electron chi connectivity index (χ4n) is 4.25. The summed E-state index contributed by atoms with van der Waals surface area (Å²) in [6.45, 7) is 1.39. The quantitative estimate of drug-likeness (QED) is 0.371. The molecule has 32 heavy (non-hydrogen) atoms. The molecule has 0 saturated heterocycles. The molecule has 4 aromatic rings. The monoisotopic (exact) mass is 464 g/mol. The van der Waals surface area contributed by atoms with Crippen molar-refractivity contribution in [2.24, 2.45) is 0 Å². The molecule has 0 atom stereocenters. The van der Waals surface area contributed by atoms with Gasteiger partial charge in [0.15, 0.2) is 0 Å². The molecule has 2 aromatic heterocycles. The second-order valence-corrected chi connectivity index (χ2v) is 9.07. The zero-order valence-corrected chi connectivity index (χ0v) is 19.2. The molecule has 0 spiro atoms. The van der Waals surface area contributed by atoms with E-state index in [0.29, 0.717) is 33.4 Å². The molecule has 5 nitrogen and oxygen atoms in total. The number of hydrogen-bond acceptors (Lipinski definition) is 3. The van der Waals surface area contributed by atoms with Gasteiger partial charge in [-0.15, -0.1) is 0 Å². The van der Waals surface area contributed by atoms with E-state index in [1.165, 1.54) is 12.1 Å². The molecule has 0 N–H and O–H groups in total. The summed E-state index contributed by atoms with van der Waals surface area (Å²) in [6.07, 6.45) is 3.38. The molecule has 5 rings (SSSR count). The Hall–Kier alpha value is -2.89. The lowest BCUT2D eigenvalue weighted by Crippen LogP contribution is -2.27. The standard InChI is InChI=1S/C25H22Cl2N4O/c1-30(15-19-13-20-7-2-3-10-31(20)29-19)25(32)22-14-24(16-5-4-6-17(26)11-16)28-23-9-8-18(27)12-21(22)23/h4-6,8-9,11-14H,2-3,7,10,15H2,1H3. The summed E-state index contributed by atoms with van der Waals surface area (Å²) in [7, 11) is 1.80. The van der Waals surface area contributed by atoms with Crippen molar-refractivity contribution in [3.8, 4) is 11.3 Å². The van der Waals surface area contributed by atoms with Gasteiger partial charge in [-0.05, 0) is 61.7 Å². The van der Waals surface area contributed by atoms with Crippen molar-refractivity contribution in [3.63, 3.8) is 0 Å². The average molecular weight is 465 g/mol. The van der Waals surface area contributed by atoms with Crippen LogP contribution in [0.25, 0.3) is 22.2 Å². The molecule has 3 heterocycles.